The number of halogens is 1. The molecule has 0 saturated heterocycles. The van der Waals surface area contributed by atoms with Crippen LogP contribution in [0.3, 0.4) is 0 Å². The Morgan fingerprint density at radius 1 is 1.11 bits per heavy atom. The molecule has 2 aromatic heterocycles. The predicted octanol–water partition coefficient (Wildman–Crippen LogP) is 5.60. The molecule has 1 fully saturated rings. The lowest BCUT2D eigenvalue weighted by Gasteiger charge is -2.39. The molecule has 2 heterocycles. The highest BCUT2D eigenvalue weighted by atomic mass is 19.1. The molecule has 0 aliphatic heterocycles. The van der Waals surface area contributed by atoms with E-state index >= 15 is 0 Å². The molecule has 0 amide bonds. The van der Waals surface area contributed by atoms with Crippen LogP contribution in [0.4, 0.5) is 4.39 Å². The molecule has 0 radical (unpaired) electrons. The van der Waals surface area contributed by atoms with Gasteiger partial charge in [0.2, 0.25) is 0 Å². The number of nitrogens with zero attached hydrogens (tertiary/aromatic N) is 5. The number of aryl methyl sites for hydroxylation is 2. The lowest BCUT2D eigenvalue weighted by atomic mass is 9.92. The van der Waals surface area contributed by atoms with E-state index in [0.29, 0.717) is 19.1 Å². The SMILES string of the molecule is CC[C@H](c1nnnn1Cc1ccc(F)cc1)N(Cc1cc2ccc(C)c(C)c2[nH]c1=O)C1CCCCC1. The Bertz CT molecular complexity index is 1420. The van der Waals surface area contributed by atoms with E-state index < -0.39 is 0 Å². The number of hydrogen-bond acceptors (Lipinski definition) is 5. The van der Waals surface area contributed by atoms with Crippen LogP contribution in [0, 0.1) is 19.7 Å². The molecule has 1 atom stereocenters. The van der Waals surface area contributed by atoms with E-state index in [1.54, 1.807) is 12.1 Å². The van der Waals surface area contributed by atoms with Crippen LogP contribution in [0.5, 0.6) is 0 Å². The third-order valence-corrected chi connectivity index (χ3v) is 7.91. The first-order chi connectivity index (χ1) is 17.9. The highest BCUT2D eigenvalue weighted by Crippen LogP contribution is 2.33. The van der Waals surface area contributed by atoms with Gasteiger partial charge in [-0.15, -0.1) is 5.10 Å². The topological polar surface area (TPSA) is 79.7 Å². The molecule has 194 valence electrons. The van der Waals surface area contributed by atoms with Crippen molar-refractivity contribution in [2.45, 2.75) is 84.5 Å². The van der Waals surface area contributed by atoms with Crippen LogP contribution < -0.4 is 5.56 Å². The molecule has 1 N–H and O–H groups in total. The minimum Gasteiger partial charge on any atom is -0.321 e. The van der Waals surface area contributed by atoms with Crippen LogP contribution in [-0.4, -0.2) is 36.1 Å². The van der Waals surface area contributed by atoms with Crippen LogP contribution in [0.1, 0.15) is 79.6 Å². The van der Waals surface area contributed by atoms with Crippen molar-refractivity contribution in [2.75, 3.05) is 0 Å². The minimum atomic E-state index is -0.262. The van der Waals surface area contributed by atoms with Gasteiger partial charge in [0.1, 0.15) is 5.82 Å². The Morgan fingerprint density at radius 3 is 2.59 bits per heavy atom. The second-order valence-electron chi connectivity index (χ2n) is 10.3. The highest BCUT2D eigenvalue weighted by Gasteiger charge is 2.32. The van der Waals surface area contributed by atoms with E-state index in [1.807, 2.05) is 10.7 Å². The van der Waals surface area contributed by atoms with Crippen LogP contribution in [0.2, 0.25) is 0 Å². The summed E-state index contributed by atoms with van der Waals surface area (Å²) in [4.78, 5) is 18.9. The Morgan fingerprint density at radius 2 is 1.86 bits per heavy atom. The normalized spacial score (nSPS) is 15.5. The lowest BCUT2D eigenvalue weighted by Crippen LogP contribution is -2.41. The first kappa shape index (κ1) is 25.3. The van der Waals surface area contributed by atoms with Crippen LogP contribution in [0.25, 0.3) is 10.9 Å². The fourth-order valence-electron chi connectivity index (χ4n) is 5.68. The van der Waals surface area contributed by atoms with Crippen molar-refractivity contribution in [2.24, 2.45) is 0 Å². The fourth-order valence-corrected chi connectivity index (χ4v) is 5.68. The summed E-state index contributed by atoms with van der Waals surface area (Å²) in [5.41, 5.74) is 4.84. The van der Waals surface area contributed by atoms with Crippen molar-refractivity contribution in [1.29, 1.82) is 0 Å². The first-order valence-electron chi connectivity index (χ1n) is 13.3. The molecule has 2 aromatic carbocycles. The van der Waals surface area contributed by atoms with Gasteiger partial charge in [-0.3, -0.25) is 9.69 Å². The second kappa shape index (κ2) is 10.9. The molecule has 1 aliphatic carbocycles. The minimum absolute atomic E-state index is 0.0391. The van der Waals surface area contributed by atoms with E-state index in [9.17, 15) is 9.18 Å². The molecule has 5 rings (SSSR count). The Kier molecular flexibility index (Phi) is 7.46. The third kappa shape index (κ3) is 5.34. The van der Waals surface area contributed by atoms with Gasteiger partial charge in [0, 0.05) is 18.2 Å². The average Bonchev–Trinajstić information content (AvgIpc) is 3.36. The Balaban J connectivity index is 1.51. The first-order valence-corrected chi connectivity index (χ1v) is 13.3. The summed E-state index contributed by atoms with van der Waals surface area (Å²) < 4.78 is 15.2. The van der Waals surface area contributed by atoms with Crippen LogP contribution in [0.15, 0.2) is 47.3 Å². The molecule has 37 heavy (non-hydrogen) atoms. The summed E-state index contributed by atoms with van der Waals surface area (Å²) in [5, 5.41) is 13.8. The monoisotopic (exact) mass is 502 g/mol. The zero-order valence-corrected chi connectivity index (χ0v) is 21.9. The number of aromatic nitrogens is 5. The van der Waals surface area contributed by atoms with Crippen LogP contribution >= 0.6 is 0 Å². The van der Waals surface area contributed by atoms with Gasteiger partial charge < -0.3 is 4.98 Å². The van der Waals surface area contributed by atoms with Crippen molar-refractivity contribution in [3.05, 3.63) is 86.7 Å². The quantitative estimate of drug-likeness (QED) is 0.339. The van der Waals surface area contributed by atoms with Gasteiger partial charge >= 0.3 is 0 Å². The Labute approximate surface area is 216 Å². The van der Waals surface area contributed by atoms with E-state index in [1.165, 1.54) is 37.0 Å². The predicted molar refractivity (Wildman–Crippen MR) is 143 cm³/mol. The Hall–Kier alpha value is -3.39. The van der Waals surface area contributed by atoms with Crippen molar-refractivity contribution in [3.8, 4) is 0 Å². The smallest absolute Gasteiger partial charge is 0.252 e. The van der Waals surface area contributed by atoms with E-state index in [0.717, 1.165) is 52.7 Å². The molecule has 8 heteroatoms. The third-order valence-electron chi connectivity index (χ3n) is 7.91. The number of benzene rings is 2. The molecule has 7 nitrogen and oxygen atoms in total. The molecular formula is C29H35FN6O. The van der Waals surface area contributed by atoms with Gasteiger partial charge in [-0.05, 0) is 83.8 Å². The number of nitrogens with one attached hydrogen (secondary N) is 1. The summed E-state index contributed by atoms with van der Waals surface area (Å²) in [7, 11) is 0. The summed E-state index contributed by atoms with van der Waals surface area (Å²) in [5.74, 6) is 0.516. The maximum atomic E-state index is 13.4. The zero-order valence-electron chi connectivity index (χ0n) is 21.9. The van der Waals surface area contributed by atoms with Crippen molar-refractivity contribution >= 4 is 10.9 Å². The van der Waals surface area contributed by atoms with Gasteiger partial charge in [0.15, 0.2) is 5.82 Å². The summed E-state index contributed by atoms with van der Waals surface area (Å²) in [6.07, 6.45) is 6.62. The molecule has 4 aromatic rings. The number of tetrazole rings is 1. The highest BCUT2D eigenvalue weighted by molar-refractivity contribution is 5.83. The van der Waals surface area contributed by atoms with Gasteiger partial charge in [-0.1, -0.05) is 50.5 Å². The van der Waals surface area contributed by atoms with Crippen LogP contribution in [-0.2, 0) is 13.1 Å². The average molecular weight is 503 g/mol. The standard InChI is InChI=1S/C29H35FN6O/c1-4-26(28-32-33-34-36(28)17-21-11-14-24(30)15-12-21)35(25-8-6-5-7-9-25)18-23-16-22-13-10-19(2)20(3)27(22)31-29(23)37/h10-16,25-26H,4-9,17-18H2,1-3H3,(H,31,37)/t26-/m1/s1. The summed E-state index contributed by atoms with van der Waals surface area (Å²) in [6.45, 7) is 7.26. The molecule has 0 bridgehead atoms. The molecule has 0 unspecified atom stereocenters. The maximum absolute atomic E-state index is 13.4. The molecule has 0 spiro atoms. The molecule has 1 aliphatic rings. The van der Waals surface area contributed by atoms with Gasteiger partial charge in [-0.25, -0.2) is 9.07 Å². The fraction of sp³-hybridized carbons (Fsp3) is 0.448. The van der Waals surface area contributed by atoms with Crippen molar-refractivity contribution < 1.29 is 4.39 Å². The van der Waals surface area contributed by atoms with E-state index in [4.69, 9.17) is 0 Å². The molecule has 1 saturated carbocycles. The van der Waals surface area contributed by atoms with Gasteiger partial charge in [-0.2, -0.15) is 0 Å². The lowest BCUT2D eigenvalue weighted by molar-refractivity contribution is 0.0844. The van der Waals surface area contributed by atoms with Crippen molar-refractivity contribution in [1.82, 2.24) is 30.1 Å². The number of rotatable bonds is 8. The second-order valence-corrected chi connectivity index (χ2v) is 10.3. The van der Waals surface area contributed by atoms with E-state index in [-0.39, 0.29) is 17.4 Å². The number of hydrogen-bond donors (Lipinski definition) is 1. The summed E-state index contributed by atoms with van der Waals surface area (Å²) in [6, 6.07) is 13.0. The number of fused-ring (bicyclic) bond motifs is 1. The summed E-state index contributed by atoms with van der Waals surface area (Å²) >= 11 is 0. The maximum Gasteiger partial charge on any atom is 0.252 e. The van der Waals surface area contributed by atoms with Gasteiger partial charge in [0.25, 0.3) is 5.56 Å². The van der Waals surface area contributed by atoms with E-state index in [2.05, 4.69) is 58.3 Å². The molecular weight excluding hydrogens is 467 g/mol. The number of aromatic amines is 1. The largest absolute Gasteiger partial charge is 0.321 e. The van der Waals surface area contributed by atoms with Gasteiger partial charge in [0.05, 0.1) is 18.1 Å². The van der Waals surface area contributed by atoms with Crippen molar-refractivity contribution in [3.63, 3.8) is 0 Å². The number of H-pyrrole nitrogens is 1. The number of pyridine rings is 1. The zero-order chi connectivity index (χ0) is 25.9.